The molecule has 7 heteroatoms. The van der Waals surface area contributed by atoms with Gasteiger partial charge in [-0.1, -0.05) is 13.8 Å². The number of hydrogen-bond acceptors (Lipinski definition) is 4. The lowest BCUT2D eigenvalue weighted by atomic mass is 9.96. The third-order valence-corrected chi connectivity index (χ3v) is 3.24. The van der Waals surface area contributed by atoms with Gasteiger partial charge >= 0.3 is 12.1 Å². The van der Waals surface area contributed by atoms with Gasteiger partial charge in [-0.2, -0.15) is 0 Å². The summed E-state index contributed by atoms with van der Waals surface area (Å²) in [6, 6.07) is -0.0983. The van der Waals surface area contributed by atoms with Crippen molar-refractivity contribution in [1.82, 2.24) is 20.9 Å². The zero-order valence-electron chi connectivity index (χ0n) is 15.7. The maximum atomic E-state index is 11.7. The summed E-state index contributed by atoms with van der Waals surface area (Å²) in [6.07, 6.45) is -0.388. The zero-order chi connectivity index (χ0) is 18.0. The molecule has 1 unspecified atom stereocenters. The van der Waals surface area contributed by atoms with Crippen LogP contribution in [0.3, 0.4) is 0 Å². The average Bonchev–Trinajstić information content (AvgIpc) is 2.38. The second-order valence-electron chi connectivity index (χ2n) is 7.22. The number of carbonyl (C=O) groups excluding carboxylic acids is 2. The van der Waals surface area contributed by atoms with Crippen LogP contribution >= 0.6 is 0 Å². The summed E-state index contributed by atoms with van der Waals surface area (Å²) in [5.41, 5.74) is -0.486. The van der Waals surface area contributed by atoms with Crippen LogP contribution in [0.15, 0.2) is 0 Å². The molecule has 3 N–H and O–H groups in total. The molecule has 0 aliphatic heterocycles. The average molecular weight is 330 g/mol. The van der Waals surface area contributed by atoms with Gasteiger partial charge in [0.05, 0.1) is 0 Å². The molecule has 3 amide bonds. The summed E-state index contributed by atoms with van der Waals surface area (Å²) < 4.78 is 5.24. The monoisotopic (exact) mass is 330 g/mol. The molecule has 0 aromatic heterocycles. The zero-order valence-corrected chi connectivity index (χ0v) is 15.7. The molecule has 1 atom stereocenters. The second kappa shape index (κ2) is 10.3. The number of hydrogen-bond donors (Lipinski definition) is 3. The van der Waals surface area contributed by atoms with Crippen LogP contribution in [0.2, 0.25) is 0 Å². The van der Waals surface area contributed by atoms with Crippen LogP contribution in [0, 0.1) is 11.8 Å². The standard InChI is InChI=1S/C16H34N4O3/c1-12(2)13(11-19-15(22)23-16(3,4)5)10-17-8-9-18-14(21)20(6)7/h12-13,17H,8-11H2,1-7H3,(H,18,21)(H,19,22). The van der Waals surface area contributed by atoms with Crippen LogP contribution in [0.5, 0.6) is 0 Å². The van der Waals surface area contributed by atoms with Crippen molar-refractivity contribution in [2.24, 2.45) is 11.8 Å². The predicted molar refractivity (Wildman–Crippen MR) is 92.5 cm³/mol. The maximum Gasteiger partial charge on any atom is 0.407 e. The highest BCUT2D eigenvalue weighted by atomic mass is 16.6. The van der Waals surface area contributed by atoms with E-state index in [2.05, 4.69) is 29.8 Å². The van der Waals surface area contributed by atoms with Crippen molar-refractivity contribution in [3.05, 3.63) is 0 Å². The Morgan fingerprint density at radius 2 is 1.65 bits per heavy atom. The van der Waals surface area contributed by atoms with Crippen LogP contribution in [0.1, 0.15) is 34.6 Å². The fourth-order valence-electron chi connectivity index (χ4n) is 1.78. The van der Waals surface area contributed by atoms with E-state index in [1.807, 2.05) is 20.8 Å². The minimum absolute atomic E-state index is 0.0983. The van der Waals surface area contributed by atoms with Crippen molar-refractivity contribution in [3.8, 4) is 0 Å². The Morgan fingerprint density at radius 1 is 1.04 bits per heavy atom. The number of alkyl carbamates (subject to hydrolysis) is 1. The topological polar surface area (TPSA) is 82.7 Å². The van der Waals surface area contributed by atoms with Gasteiger partial charge in [0.1, 0.15) is 5.60 Å². The molecule has 0 saturated carbocycles. The number of rotatable bonds is 8. The molecule has 136 valence electrons. The van der Waals surface area contributed by atoms with Gasteiger partial charge in [0, 0.05) is 33.7 Å². The van der Waals surface area contributed by atoms with Gasteiger partial charge in [-0.15, -0.1) is 0 Å². The molecule has 0 aliphatic rings. The Kier molecular flexibility index (Phi) is 9.64. The first-order chi connectivity index (χ1) is 10.5. The minimum atomic E-state index is -0.486. The van der Waals surface area contributed by atoms with Crippen molar-refractivity contribution in [3.63, 3.8) is 0 Å². The molecule has 0 aromatic carbocycles. The summed E-state index contributed by atoms with van der Waals surface area (Å²) in [7, 11) is 3.42. The van der Waals surface area contributed by atoms with E-state index in [0.29, 0.717) is 31.5 Å². The fourth-order valence-corrected chi connectivity index (χ4v) is 1.78. The second-order valence-corrected chi connectivity index (χ2v) is 7.22. The van der Waals surface area contributed by atoms with E-state index in [9.17, 15) is 9.59 Å². The maximum absolute atomic E-state index is 11.7. The van der Waals surface area contributed by atoms with Crippen LogP contribution in [-0.2, 0) is 4.74 Å². The summed E-state index contributed by atoms with van der Waals surface area (Å²) in [5, 5.41) is 8.92. The van der Waals surface area contributed by atoms with E-state index in [-0.39, 0.29) is 12.1 Å². The molecule has 0 bridgehead atoms. The summed E-state index contributed by atoms with van der Waals surface area (Å²) >= 11 is 0. The lowest BCUT2D eigenvalue weighted by Gasteiger charge is -2.24. The van der Waals surface area contributed by atoms with Gasteiger partial charge in [0.25, 0.3) is 0 Å². The van der Waals surface area contributed by atoms with E-state index in [1.54, 1.807) is 14.1 Å². The number of nitrogens with one attached hydrogen (secondary N) is 3. The van der Waals surface area contributed by atoms with Crippen molar-refractivity contribution in [2.75, 3.05) is 40.3 Å². The summed E-state index contributed by atoms with van der Waals surface area (Å²) in [4.78, 5) is 24.6. The van der Waals surface area contributed by atoms with Crippen LogP contribution in [0.4, 0.5) is 9.59 Å². The molecule has 0 heterocycles. The molecule has 23 heavy (non-hydrogen) atoms. The van der Waals surface area contributed by atoms with Gasteiger partial charge < -0.3 is 25.6 Å². The van der Waals surface area contributed by atoms with E-state index in [0.717, 1.165) is 6.54 Å². The first kappa shape index (κ1) is 21.5. The van der Waals surface area contributed by atoms with Crippen molar-refractivity contribution < 1.29 is 14.3 Å². The lowest BCUT2D eigenvalue weighted by molar-refractivity contribution is 0.0515. The van der Waals surface area contributed by atoms with Gasteiger partial charge in [-0.3, -0.25) is 0 Å². The van der Waals surface area contributed by atoms with Gasteiger partial charge in [0.2, 0.25) is 0 Å². The highest BCUT2D eigenvalue weighted by Crippen LogP contribution is 2.10. The Hall–Kier alpha value is -1.50. The first-order valence-corrected chi connectivity index (χ1v) is 8.15. The highest BCUT2D eigenvalue weighted by Gasteiger charge is 2.18. The Balaban J connectivity index is 4.00. The van der Waals surface area contributed by atoms with Crippen molar-refractivity contribution >= 4 is 12.1 Å². The third-order valence-electron chi connectivity index (χ3n) is 3.24. The van der Waals surface area contributed by atoms with Crippen molar-refractivity contribution in [1.29, 1.82) is 0 Å². The Bertz CT molecular complexity index is 365. The molecule has 0 aliphatic carbocycles. The summed E-state index contributed by atoms with van der Waals surface area (Å²) in [5.74, 6) is 0.723. The number of ether oxygens (including phenoxy) is 1. The third kappa shape index (κ3) is 11.7. The number of urea groups is 1. The van der Waals surface area contributed by atoms with E-state index < -0.39 is 5.60 Å². The SMILES string of the molecule is CC(C)C(CNCCNC(=O)N(C)C)CNC(=O)OC(C)(C)C. The number of amides is 3. The van der Waals surface area contributed by atoms with E-state index in [4.69, 9.17) is 4.74 Å². The molecule has 0 rings (SSSR count). The Morgan fingerprint density at radius 3 is 2.13 bits per heavy atom. The van der Waals surface area contributed by atoms with Crippen LogP contribution in [-0.4, -0.2) is 62.9 Å². The van der Waals surface area contributed by atoms with Gasteiger partial charge in [0.15, 0.2) is 0 Å². The van der Waals surface area contributed by atoms with Gasteiger partial charge in [-0.25, -0.2) is 9.59 Å². The smallest absolute Gasteiger partial charge is 0.407 e. The molecule has 0 radical (unpaired) electrons. The number of carbonyl (C=O) groups is 2. The number of nitrogens with zero attached hydrogens (tertiary/aromatic N) is 1. The molecule has 0 aromatic rings. The molecular formula is C16H34N4O3. The molecular weight excluding hydrogens is 296 g/mol. The molecule has 0 fully saturated rings. The molecule has 0 saturated heterocycles. The van der Waals surface area contributed by atoms with Gasteiger partial charge in [-0.05, 0) is 39.2 Å². The van der Waals surface area contributed by atoms with E-state index in [1.165, 1.54) is 4.90 Å². The van der Waals surface area contributed by atoms with Crippen molar-refractivity contribution in [2.45, 2.75) is 40.2 Å². The predicted octanol–water partition coefficient (Wildman–Crippen LogP) is 1.64. The van der Waals surface area contributed by atoms with E-state index >= 15 is 0 Å². The largest absolute Gasteiger partial charge is 0.444 e. The summed E-state index contributed by atoms with van der Waals surface area (Å²) in [6.45, 7) is 12.4. The Labute approximate surface area is 140 Å². The molecule has 7 nitrogen and oxygen atoms in total. The van der Waals surface area contributed by atoms with Crippen LogP contribution < -0.4 is 16.0 Å². The fraction of sp³-hybridized carbons (Fsp3) is 0.875. The minimum Gasteiger partial charge on any atom is -0.444 e. The molecule has 0 spiro atoms. The van der Waals surface area contributed by atoms with Crippen LogP contribution in [0.25, 0.3) is 0 Å². The lowest BCUT2D eigenvalue weighted by Crippen LogP contribution is -2.42. The highest BCUT2D eigenvalue weighted by molar-refractivity contribution is 5.73. The quantitative estimate of drug-likeness (QED) is 0.591. The first-order valence-electron chi connectivity index (χ1n) is 8.15. The normalized spacial score (nSPS) is 12.7.